The van der Waals surface area contributed by atoms with Crippen molar-refractivity contribution in [1.82, 2.24) is 0 Å². The molecule has 0 aliphatic heterocycles. The van der Waals surface area contributed by atoms with E-state index in [1.807, 2.05) is 6.07 Å². The van der Waals surface area contributed by atoms with E-state index in [0.717, 1.165) is 12.2 Å². The summed E-state index contributed by atoms with van der Waals surface area (Å²) >= 11 is 0. The van der Waals surface area contributed by atoms with Gasteiger partial charge in [0.2, 0.25) is 0 Å². The van der Waals surface area contributed by atoms with Gasteiger partial charge in [-0.3, -0.25) is 0 Å². The standard InChI is InChI=1S/C13H19NO/c1-8-6-10-4-5-11(15-3)7-12(10)13(14)9(8)2/h4-5,7-9,13H,6,14H2,1-3H3. The molecule has 82 valence electrons. The molecule has 0 saturated carbocycles. The molecule has 2 nitrogen and oxygen atoms in total. The average molecular weight is 205 g/mol. The lowest BCUT2D eigenvalue weighted by atomic mass is 9.75. The zero-order chi connectivity index (χ0) is 11.0. The topological polar surface area (TPSA) is 35.2 Å². The van der Waals surface area contributed by atoms with Crippen LogP contribution in [0.25, 0.3) is 0 Å². The summed E-state index contributed by atoms with van der Waals surface area (Å²) in [6.45, 7) is 4.51. The Bertz CT molecular complexity index is 362. The van der Waals surface area contributed by atoms with Crippen LogP contribution in [0.3, 0.4) is 0 Å². The molecule has 3 unspecified atom stereocenters. The molecule has 0 fully saturated rings. The molecule has 0 bridgehead atoms. The van der Waals surface area contributed by atoms with Gasteiger partial charge in [0.05, 0.1) is 7.11 Å². The Labute approximate surface area is 91.4 Å². The first-order valence-electron chi connectivity index (χ1n) is 5.56. The molecule has 1 aromatic carbocycles. The number of rotatable bonds is 1. The van der Waals surface area contributed by atoms with E-state index in [0.29, 0.717) is 11.8 Å². The highest BCUT2D eigenvalue weighted by Crippen LogP contribution is 2.37. The summed E-state index contributed by atoms with van der Waals surface area (Å²) in [7, 11) is 1.70. The molecule has 0 saturated heterocycles. The zero-order valence-corrected chi connectivity index (χ0v) is 9.66. The number of nitrogens with two attached hydrogens (primary N) is 1. The number of methoxy groups -OCH3 is 1. The third-order valence-corrected chi connectivity index (χ3v) is 3.72. The lowest BCUT2D eigenvalue weighted by molar-refractivity contribution is 0.302. The van der Waals surface area contributed by atoms with Gasteiger partial charge in [-0.15, -0.1) is 0 Å². The molecule has 1 aromatic rings. The number of fused-ring (bicyclic) bond motifs is 1. The second kappa shape index (κ2) is 3.86. The second-order valence-electron chi connectivity index (χ2n) is 4.63. The molecule has 2 rings (SSSR count). The molecule has 0 heterocycles. The average Bonchev–Trinajstić information content (AvgIpc) is 2.26. The van der Waals surface area contributed by atoms with Gasteiger partial charge in [-0.25, -0.2) is 0 Å². The van der Waals surface area contributed by atoms with Crippen LogP contribution in [0.4, 0.5) is 0 Å². The predicted octanol–water partition coefficient (Wildman–Crippen LogP) is 2.52. The summed E-state index contributed by atoms with van der Waals surface area (Å²) in [5, 5.41) is 0. The van der Waals surface area contributed by atoms with Crippen LogP contribution in [0.2, 0.25) is 0 Å². The maximum atomic E-state index is 6.25. The molecule has 0 amide bonds. The van der Waals surface area contributed by atoms with E-state index in [4.69, 9.17) is 10.5 Å². The first kappa shape index (κ1) is 10.5. The summed E-state index contributed by atoms with van der Waals surface area (Å²) in [6.07, 6.45) is 1.13. The minimum Gasteiger partial charge on any atom is -0.497 e. The van der Waals surface area contributed by atoms with E-state index in [9.17, 15) is 0 Å². The summed E-state index contributed by atoms with van der Waals surface area (Å²) in [4.78, 5) is 0. The van der Waals surface area contributed by atoms with Crippen molar-refractivity contribution in [2.24, 2.45) is 17.6 Å². The highest BCUT2D eigenvalue weighted by Gasteiger charge is 2.28. The molecule has 0 radical (unpaired) electrons. The Balaban J connectivity index is 2.42. The molecule has 1 aliphatic rings. The van der Waals surface area contributed by atoms with Gasteiger partial charge in [0.15, 0.2) is 0 Å². The fourth-order valence-electron chi connectivity index (χ4n) is 2.37. The van der Waals surface area contributed by atoms with Gasteiger partial charge in [-0.05, 0) is 41.5 Å². The summed E-state index contributed by atoms with van der Waals surface area (Å²) in [5.74, 6) is 2.12. The van der Waals surface area contributed by atoms with Crippen LogP contribution in [0, 0.1) is 11.8 Å². The Hall–Kier alpha value is -1.02. The van der Waals surface area contributed by atoms with E-state index >= 15 is 0 Å². The van der Waals surface area contributed by atoms with Crippen molar-refractivity contribution in [1.29, 1.82) is 0 Å². The van der Waals surface area contributed by atoms with Crippen LogP contribution in [0.5, 0.6) is 5.75 Å². The van der Waals surface area contributed by atoms with Crippen molar-refractivity contribution in [2.75, 3.05) is 7.11 Å². The van der Waals surface area contributed by atoms with Gasteiger partial charge in [0.1, 0.15) is 5.75 Å². The van der Waals surface area contributed by atoms with Crippen molar-refractivity contribution in [3.05, 3.63) is 29.3 Å². The fraction of sp³-hybridized carbons (Fsp3) is 0.538. The van der Waals surface area contributed by atoms with E-state index < -0.39 is 0 Å². The molecule has 15 heavy (non-hydrogen) atoms. The van der Waals surface area contributed by atoms with E-state index in [2.05, 4.69) is 26.0 Å². The number of benzene rings is 1. The Kier molecular flexibility index (Phi) is 2.70. The summed E-state index contributed by atoms with van der Waals surface area (Å²) < 4.78 is 5.24. The minimum absolute atomic E-state index is 0.152. The lowest BCUT2D eigenvalue weighted by Crippen LogP contribution is -2.31. The number of hydrogen-bond acceptors (Lipinski definition) is 2. The van der Waals surface area contributed by atoms with Crippen LogP contribution in [-0.2, 0) is 6.42 Å². The highest BCUT2D eigenvalue weighted by molar-refractivity contribution is 5.39. The van der Waals surface area contributed by atoms with E-state index in [-0.39, 0.29) is 6.04 Å². The Morgan fingerprint density at radius 1 is 1.33 bits per heavy atom. The van der Waals surface area contributed by atoms with Crippen molar-refractivity contribution in [2.45, 2.75) is 26.3 Å². The first-order valence-corrected chi connectivity index (χ1v) is 5.56. The predicted molar refractivity (Wildman–Crippen MR) is 62.0 cm³/mol. The molecule has 0 aromatic heterocycles. The van der Waals surface area contributed by atoms with Gasteiger partial charge in [-0.2, -0.15) is 0 Å². The molecule has 2 heteroatoms. The van der Waals surface area contributed by atoms with Gasteiger partial charge in [0.25, 0.3) is 0 Å². The quantitative estimate of drug-likeness (QED) is 0.764. The van der Waals surface area contributed by atoms with Gasteiger partial charge in [0, 0.05) is 6.04 Å². The maximum absolute atomic E-state index is 6.25. The molecule has 0 spiro atoms. The van der Waals surface area contributed by atoms with Crippen molar-refractivity contribution in [3.8, 4) is 5.75 Å². The SMILES string of the molecule is COc1ccc2c(c1)C(N)C(C)C(C)C2. The largest absolute Gasteiger partial charge is 0.497 e. The van der Waals surface area contributed by atoms with Crippen molar-refractivity contribution >= 4 is 0 Å². The van der Waals surface area contributed by atoms with Gasteiger partial charge in [-0.1, -0.05) is 19.9 Å². The molecule has 1 aliphatic carbocycles. The van der Waals surface area contributed by atoms with Crippen LogP contribution in [-0.4, -0.2) is 7.11 Å². The van der Waals surface area contributed by atoms with Crippen LogP contribution >= 0.6 is 0 Å². The summed E-state index contributed by atoms with van der Waals surface area (Å²) in [6, 6.07) is 6.41. The summed E-state index contributed by atoms with van der Waals surface area (Å²) in [5.41, 5.74) is 8.90. The van der Waals surface area contributed by atoms with Crippen molar-refractivity contribution < 1.29 is 4.74 Å². The minimum atomic E-state index is 0.152. The number of hydrogen-bond donors (Lipinski definition) is 1. The molecular formula is C13H19NO. The maximum Gasteiger partial charge on any atom is 0.119 e. The van der Waals surface area contributed by atoms with Crippen LogP contribution in [0.15, 0.2) is 18.2 Å². The highest BCUT2D eigenvalue weighted by atomic mass is 16.5. The first-order chi connectivity index (χ1) is 7.13. The molecule has 2 N–H and O–H groups in total. The van der Waals surface area contributed by atoms with E-state index in [1.165, 1.54) is 11.1 Å². The zero-order valence-electron chi connectivity index (χ0n) is 9.66. The van der Waals surface area contributed by atoms with Crippen LogP contribution < -0.4 is 10.5 Å². The fourth-order valence-corrected chi connectivity index (χ4v) is 2.37. The third-order valence-electron chi connectivity index (χ3n) is 3.72. The normalized spacial score (nSPS) is 29.7. The van der Waals surface area contributed by atoms with Crippen molar-refractivity contribution in [3.63, 3.8) is 0 Å². The van der Waals surface area contributed by atoms with Crippen LogP contribution in [0.1, 0.15) is 31.0 Å². The molecular weight excluding hydrogens is 186 g/mol. The third kappa shape index (κ3) is 1.74. The van der Waals surface area contributed by atoms with Gasteiger partial charge >= 0.3 is 0 Å². The Morgan fingerprint density at radius 3 is 2.73 bits per heavy atom. The lowest BCUT2D eigenvalue weighted by Gasteiger charge is -2.33. The molecule has 3 atom stereocenters. The second-order valence-corrected chi connectivity index (χ2v) is 4.63. The number of ether oxygens (including phenoxy) is 1. The van der Waals surface area contributed by atoms with Gasteiger partial charge < -0.3 is 10.5 Å². The smallest absolute Gasteiger partial charge is 0.119 e. The Morgan fingerprint density at radius 2 is 2.07 bits per heavy atom. The van der Waals surface area contributed by atoms with E-state index in [1.54, 1.807) is 7.11 Å². The monoisotopic (exact) mass is 205 g/mol.